The van der Waals surface area contributed by atoms with E-state index in [4.69, 9.17) is 46.5 Å². The monoisotopic (exact) mass is 714 g/mol. The Balaban J connectivity index is 0.00000114. The lowest BCUT2D eigenvalue weighted by molar-refractivity contribution is -0.216. The molecule has 0 aromatic heterocycles. The second-order valence-corrected chi connectivity index (χ2v) is 13.2. The van der Waals surface area contributed by atoms with Crippen LogP contribution < -0.4 is 11.1 Å². The number of nitrogens with one attached hydrogen (secondary N) is 1. The summed E-state index contributed by atoms with van der Waals surface area (Å²) in [5.74, 6) is 9.42. The van der Waals surface area contributed by atoms with E-state index in [1.54, 1.807) is 21.6 Å². The van der Waals surface area contributed by atoms with Gasteiger partial charge in [-0.2, -0.15) is 0 Å². The van der Waals surface area contributed by atoms with E-state index >= 15 is 0 Å². The Kier molecular flexibility index (Phi) is 27.1. The third kappa shape index (κ3) is 19.0. The fourth-order valence-corrected chi connectivity index (χ4v) is 6.43. The zero-order chi connectivity index (χ0) is 36.3. The van der Waals surface area contributed by atoms with Gasteiger partial charge in [-0.3, -0.25) is 9.59 Å². The molecule has 0 amide bonds. The van der Waals surface area contributed by atoms with Gasteiger partial charge in [-0.25, -0.2) is 0 Å². The van der Waals surface area contributed by atoms with Crippen molar-refractivity contribution in [1.82, 2.24) is 5.32 Å². The Morgan fingerprint density at radius 2 is 1.90 bits per heavy atom. The van der Waals surface area contributed by atoms with Crippen LogP contribution in [0.25, 0.3) is 0 Å². The maximum absolute atomic E-state index is 12.6. The Morgan fingerprint density at radius 3 is 2.46 bits per heavy atom. The number of Topliss-reactive ketones (excluding diaryl/α,β-unsaturated/α-hetero) is 1. The van der Waals surface area contributed by atoms with E-state index in [1.807, 2.05) is 19.9 Å². The number of nitrogens with two attached hydrogens (primary N) is 1. The summed E-state index contributed by atoms with van der Waals surface area (Å²) in [5, 5.41) is 38.3. The molecule has 0 aromatic carbocycles. The maximum atomic E-state index is 12.6. The first-order chi connectivity index (χ1) is 23.1. The molecule has 2 aliphatic heterocycles. The average Bonchev–Trinajstić information content (AvgIpc) is 3.07. The summed E-state index contributed by atoms with van der Waals surface area (Å²) in [7, 11) is 5.50. The summed E-state index contributed by atoms with van der Waals surface area (Å²) in [6, 6.07) is 0.452. The highest BCUT2D eigenvalue weighted by Gasteiger charge is 2.35. The molecule has 7 atom stereocenters. The number of carbonyl (C=O) groups is 2. The number of ketones is 1. The molecule has 0 bridgehead atoms. The third-order valence-electron chi connectivity index (χ3n) is 6.87. The van der Waals surface area contributed by atoms with Gasteiger partial charge in [0.2, 0.25) is 0 Å². The van der Waals surface area contributed by atoms with Crippen molar-refractivity contribution < 1.29 is 49.0 Å². The van der Waals surface area contributed by atoms with Crippen LogP contribution in [-0.2, 0) is 28.5 Å². The van der Waals surface area contributed by atoms with Crippen LogP contribution in [0.3, 0.4) is 0 Å². The van der Waals surface area contributed by atoms with Crippen molar-refractivity contribution in [3.63, 3.8) is 0 Å². The molecule has 3 rings (SSSR count). The van der Waals surface area contributed by atoms with Gasteiger partial charge in [-0.05, 0) is 56.4 Å². The summed E-state index contributed by atoms with van der Waals surface area (Å²) in [5.41, 5.74) is 7.89. The van der Waals surface area contributed by atoms with Gasteiger partial charge in [0.1, 0.15) is 6.10 Å². The highest BCUT2D eigenvalue weighted by molar-refractivity contribution is 8.76. The zero-order valence-corrected chi connectivity index (χ0v) is 30.3. The van der Waals surface area contributed by atoms with Crippen molar-refractivity contribution in [2.75, 3.05) is 45.5 Å². The molecule has 0 aromatic rings. The first kappa shape index (κ1) is 45.7. The lowest BCUT2D eigenvalue weighted by Gasteiger charge is -2.35. The molecule has 1 aliphatic carbocycles. The van der Waals surface area contributed by atoms with Gasteiger partial charge < -0.3 is 50.4 Å². The molecule has 2 saturated heterocycles. The molecule has 2 fully saturated rings. The first-order valence-electron chi connectivity index (χ1n) is 15.7. The molecule has 272 valence electrons. The Morgan fingerprint density at radius 1 is 1.19 bits per heavy atom. The van der Waals surface area contributed by atoms with Crippen molar-refractivity contribution in [2.24, 2.45) is 11.7 Å². The highest BCUT2D eigenvalue weighted by atomic mass is 33.1. The minimum absolute atomic E-state index is 0.0424. The Hall–Kier alpha value is -2.34. The van der Waals surface area contributed by atoms with Crippen LogP contribution in [0.1, 0.15) is 52.9 Å². The fraction of sp³-hybridized carbons (Fsp3) is 0.647. The molecule has 12 nitrogen and oxygen atoms in total. The van der Waals surface area contributed by atoms with Gasteiger partial charge in [-0.1, -0.05) is 59.3 Å². The summed E-state index contributed by atoms with van der Waals surface area (Å²) in [4.78, 5) is 21.5. The molecule has 0 spiro atoms. The van der Waals surface area contributed by atoms with E-state index in [0.29, 0.717) is 55.5 Å². The molecule has 0 radical (unpaired) electrons. The predicted octanol–water partition coefficient (Wildman–Crippen LogP) is 2.06. The Labute approximate surface area is 293 Å². The lowest BCUT2D eigenvalue weighted by atomic mass is 9.80. The molecule has 2 heterocycles. The normalized spacial score (nSPS) is 26.7. The predicted molar refractivity (Wildman–Crippen MR) is 190 cm³/mol. The second kappa shape index (κ2) is 28.5. The largest absolute Gasteiger partial charge is 0.471 e. The Bertz CT molecular complexity index is 1100. The topological polar surface area (TPSA) is 190 Å². The summed E-state index contributed by atoms with van der Waals surface area (Å²) in [6.07, 6.45) is 10.6. The number of ether oxygens (including phenoxy) is 4. The number of methoxy groups -OCH3 is 1. The second-order valence-electron chi connectivity index (χ2n) is 10.6. The smallest absolute Gasteiger partial charge is 0.292 e. The highest BCUT2D eigenvalue weighted by Crippen LogP contribution is 2.36. The zero-order valence-electron chi connectivity index (χ0n) is 28.6. The van der Waals surface area contributed by atoms with Crippen LogP contribution >= 0.6 is 21.6 Å². The molecular weight excluding hydrogens is 661 g/mol. The molecule has 6 unspecified atom stereocenters. The number of carbonyl (C=O) groups excluding carboxylic acids is 2. The molecule has 7 N–H and O–H groups in total. The summed E-state index contributed by atoms with van der Waals surface area (Å²) in [6.45, 7) is 8.05. The van der Waals surface area contributed by atoms with Crippen LogP contribution in [-0.4, -0.2) is 115 Å². The van der Waals surface area contributed by atoms with Crippen LogP contribution in [0.5, 0.6) is 0 Å². The lowest BCUT2D eigenvalue weighted by Crippen LogP contribution is -2.39. The molecule has 0 saturated carbocycles. The van der Waals surface area contributed by atoms with Crippen molar-refractivity contribution in [1.29, 1.82) is 0 Å². The molecule has 3 aliphatic rings. The van der Waals surface area contributed by atoms with E-state index in [0.717, 1.165) is 32.1 Å². The minimum Gasteiger partial charge on any atom is -0.471 e. The number of rotatable bonds is 11. The SMILES string of the molecule is C#C/C=C\C#C[C@H](OC1CC(O)CC(C)O1)C1=C(N)C(=O)CC(C)/C1=C/CSSCCO.CCNC1CCC(O)OC1.CO.COC=O. The average molecular weight is 715 g/mol. The van der Waals surface area contributed by atoms with Gasteiger partial charge in [0, 0.05) is 43.1 Å². The summed E-state index contributed by atoms with van der Waals surface area (Å²) >= 11 is 0. The van der Waals surface area contributed by atoms with Crippen LogP contribution in [0.15, 0.2) is 35.1 Å². The van der Waals surface area contributed by atoms with Crippen molar-refractivity contribution in [3.8, 4) is 24.2 Å². The van der Waals surface area contributed by atoms with Gasteiger partial charge in [0.05, 0.1) is 38.2 Å². The van der Waals surface area contributed by atoms with Gasteiger partial charge in [-0.15, -0.1) is 6.42 Å². The van der Waals surface area contributed by atoms with E-state index in [-0.39, 0.29) is 30.1 Å². The number of allylic oxidation sites excluding steroid dienone is 3. The van der Waals surface area contributed by atoms with E-state index in [1.165, 1.54) is 19.3 Å². The van der Waals surface area contributed by atoms with Gasteiger partial charge >= 0.3 is 0 Å². The number of hydrogen-bond acceptors (Lipinski definition) is 14. The number of aliphatic hydroxyl groups is 4. The van der Waals surface area contributed by atoms with Crippen LogP contribution in [0.2, 0.25) is 0 Å². The van der Waals surface area contributed by atoms with Crippen molar-refractivity contribution in [3.05, 3.63) is 35.1 Å². The van der Waals surface area contributed by atoms with Crippen molar-refractivity contribution in [2.45, 2.75) is 89.8 Å². The van der Waals surface area contributed by atoms with Crippen LogP contribution in [0, 0.1) is 30.1 Å². The quantitative estimate of drug-likeness (QED) is 0.0790. The molecule has 14 heteroatoms. The molecule has 48 heavy (non-hydrogen) atoms. The van der Waals surface area contributed by atoms with Gasteiger partial charge in [0.15, 0.2) is 18.4 Å². The van der Waals surface area contributed by atoms with Crippen molar-refractivity contribution >= 4 is 33.8 Å². The third-order valence-corrected chi connectivity index (χ3v) is 9.10. The first-order valence-corrected chi connectivity index (χ1v) is 18.2. The standard InChI is InChI=1S/C24H31NO5S2.C7H15NO2.C2H4O2.CH4O/c1-4-5-6-7-8-21(30-22-15-18(27)14-17(3)29-22)23-19(9-11-31-32-12-10-26)16(2)13-20(28)24(23)25;1-2-8-6-3-4-7(9)10-5-6;1-4-2-3;1-2/h1,5-6,9,16-18,21-22,26-27H,10-15,25H2,2-3H3;6-9H,2-5H2,1H3;2H,1H3;2H,1H3/b6-5-,19-9-;;;/t16?,17?,18?,21-,22?;;;/m0.../s1. The van der Waals surface area contributed by atoms with E-state index in [9.17, 15) is 9.90 Å². The van der Waals surface area contributed by atoms with E-state index in [2.05, 4.69) is 34.7 Å². The number of terminal acetylenes is 1. The number of likely N-dealkylation sites (N-methyl/N-ethyl adjacent to an activating group) is 1. The molecular formula is C34H54N2O10S2. The number of hydrogen-bond donors (Lipinski definition) is 6. The number of aliphatic hydroxyl groups excluding tert-OH is 4. The fourth-order valence-electron chi connectivity index (χ4n) is 4.83. The minimum atomic E-state index is -0.812. The van der Waals surface area contributed by atoms with Crippen LogP contribution in [0.4, 0.5) is 0 Å². The van der Waals surface area contributed by atoms with E-state index < -0.39 is 24.8 Å². The summed E-state index contributed by atoms with van der Waals surface area (Å²) < 4.78 is 20.9. The maximum Gasteiger partial charge on any atom is 0.292 e. The van der Waals surface area contributed by atoms with Gasteiger partial charge in [0.25, 0.3) is 6.47 Å².